The molecule has 10 heteroatoms. The predicted molar refractivity (Wildman–Crippen MR) is 307 cm³/mol. The Kier molecular flexibility index (Phi) is 19.8. The van der Waals surface area contributed by atoms with Gasteiger partial charge in [-0.05, 0) is 86.1 Å². The van der Waals surface area contributed by atoms with Gasteiger partial charge in [-0.25, -0.2) is 0 Å². The zero-order valence-corrected chi connectivity index (χ0v) is 47.0. The number of amides is 2. The fourth-order valence-electron chi connectivity index (χ4n) is 10.8. The number of aryl methyl sites for hydroxylation is 1. The predicted octanol–water partition coefficient (Wildman–Crippen LogP) is 18.3. The van der Waals surface area contributed by atoms with E-state index in [1.165, 1.54) is 166 Å². The molecule has 0 radical (unpaired) electrons. The Hall–Kier alpha value is -3.96. The number of carbonyl (C=O) groups excluding carboxylic acids is 2. The van der Waals surface area contributed by atoms with E-state index < -0.39 is 0 Å². The second-order valence-corrected chi connectivity index (χ2v) is 25.1. The van der Waals surface area contributed by atoms with E-state index in [0.29, 0.717) is 54.8 Å². The van der Waals surface area contributed by atoms with E-state index in [-0.39, 0.29) is 11.8 Å². The number of hydrogen-bond acceptors (Lipinski definition) is 8. The van der Waals surface area contributed by atoms with E-state index in [2.05, 4.69) is 95.3 Å². The molecule has 0 saturated carbocycles. The van der Waals surface area contributed by atoms with Gasteiger partial charge in [-0.2, -0.15) is 0 Å². The van der Waals surface area contributed by atoms with Crippen molar-refractivity contribution in [2.45, 2.75) is 176 Å². The van der Waals surface area contributed by atoms with Gasteiger partial charge in [0.25, 0.3) is 11.8 Å². The second kappa shape index (κ2) is 26.3. The number of hydrogen-bond donors (Lipinski definition) is 0. The summed E-state index contributed by atoms with van der Waals surface area (Å²) in [6, 6.07) is 21.6. The van der Waals surface area contributed by atoms with Gasteiger partial charge in [-0.15, -0.1) is 45.3 Å². The molecule has 2 atom stereocenters. The average Bonchev–Trinajstić information content (AvgIpc) is 4.19. The second-order valence-electron chi connectivity index (χ2n) is 20.7. The number of rotatable bonds is 32. The third-order valence-electron chi connectivity index (χ3n) is 14.8. The minimum Gasteiger partial charge on any atom is -0.492 e. The number of nitrogens with zero attached hydrogens (tertiary/aromatic N) is 2. The first kappa shape index (κ1) is 53.3. The van der Waals surface area contributed by atoms with E-state index in [9.17, 15) is 9.59 Å². The summed E-state index contributed by atoms with van der Waals surface area (Å²) in [7, 11) is 0. The van der Waals surface area contributed by atoms with Crippen molar-refractivity contribution in [3.8, 4) is 11.5 Å². The number of fused-ring (bicyclic) bond motifs is 6. The fourth-order valence-corrected chi connectivity index (χ4v) is 16.4. The topological polar surface area (TPSA) is 59.1 Å². The lowest BCUT2D eigenvalue weighted by Gasteiger charge is -2.20. The van der Waals surface area contributed by atoms with E-state index in [0.717, 1.165) is 35.1 Å². The molecule has 6 aromatic rings. The van der Waals surface area contributed by atoms with Gasteiger partial charge >= 0.3 is 0 Å². The van der Waals surface area contributed by atoms with Gasteiger partial charge in [0.15, 0.2) is 0 Å². The van der Waals surface area contributed by atoms with Crippen LogP contribution in [0.4, 0.5) is 0 Å². The number of carbonyl (C=O) groups is 2. The van der Waals surface area contributed by atoms with Gasteiger partial charge < -0.3 is 19.3 Å². The molecule has 0 saturated heterocycles. The summed E-state index contributed by atoms with van der Waals surface area (Å²) in [5.74, 6) is 2.82. The van der Waals surface area contributed by atoms with Crippen LogP contribution in [0.2, 0.25) is 0 Å². The highest BCUT2D eigenvalue weighted by Crippen LogP contribution is 2.52. The summed E-state index contributed by atoms with van der Waals surface area (Å²) in [5.41, 5.74) is 5.31. The normalized spacial score (nSPS) is 15.0. The minimum absolute atomic E-state index is 0.0729. The molecular formula is C61H80N2O4S4. The van der Waals surface area contributed by atoms with E-state index in [4.69, 9.17) is 9.47 Å². The first-order valence-corrected chi connectivity index (χ1v) is 30.8. The van der Waals surface area contributed by atoms with Gasteiger partial charge in [-0.1, -0.05) is 174 Å². The van der Waals surface area contributed by atoms with Crippen LogP contribution in [0.15, 0.2) is 77.6 Å². The molecule has 8 rings (SSSR count). The van der Waals surface area contributed by atoms with Crippen LogP contribution in [0.25, 0.3) is 33.8 Å². The Balaban J connectivity index is 0.934. The highest BCUT2D eigenvalue weighted by atomic mass is 32.1. The van der Waals surface area contributed by atoms with Crippen LogP contribution >= 0.6 is 45.3 Å². The summed E-state index contributed by atoms with van der Waals surface area (Å²) in [6.45, 7) is 14.6. The first-order valence-electron chi connectivity index (χ1n) is 27.5. The summed E-state index contributed by atoms with van der Waals surface area (Å²) in [4.78, 5) is 35.0. The maximum Gasteiger partial charge on any atom is 0.262 e. The molecule has 0 spiro atoms. The number of thiophene rings is 4. The molecule has 4 aromatic heterocycles. The van der Waals surface area contributed by atoms with Crippen molar-refractivity contribution in [2.75, 3.05) is 26.3 Å². The summed E-state index contributed by atoms with van der Waals surface area (Å²) in [6.07, 6.45) is 27.4. The van der Waals surface area contributed by atoms with Crippen molar-refractivity contribution in [3.05, 3.63) is 98.5 Å². The molecular weight excluding hydrogens is 953 g/mol. The molecule has 6 heterocycles. The van der Waals surface area contributed by atoms with Gasteiger partial charge in [0.2, 0.25) is 0 Å². The van der Waals surface area contributed by atoms with E-state index >= 15 is 0 Å². The zero-order valence-electron chi connectivity index (χ0n) is 43.8. The van der Waals surface area contributed by atoms with E-state index in [1.807, 2.05) is 40.9 Å². The molecule has 0 fully saturated rings. The van der Waals surface area contributed by atoms with Gasteiger partial charge in [0.1, 0.15) is 24.7 Å². The number of benzene rings is 2. The van der Waals surface area contributed by atoms with Gasteiger partial charge in [0, 0.05) is 24.7 Å². The molecule has 2 aliphatic rings. The quantitative estimate of drug-likeness (QED) is 0.0395. The maximum absolute atomic E-state index is 14.9. The van der Waals surface area contributed by atoms with E-state index in [1.54, 1.807) is 21.1 Å². The standard InChI is InChI=1S/C61H80N2O4S4/c1-7-10-13-16-18-20-23-42(4)38-46-26-30-48(31-27-46)67-37-35-63-55-53(50-41-52-57(69-50)59-58(71-52)56-51(70-59)39-43(5)68-56)61(65)62(54(55)44(6)60(63)64)34-36-66-49-32-28-47(29-33-49)40-45(24-21-15-12-9-3)25-22-19-17-14-11-8-2/h26-33,39,41-42,45H,7-25,34-38,40H2,1-6H3. The van der Waals surface area contributed by atoms with Crippen molar-refractivity contribution in [1.29, 1.82) is 0 Å². The zero-order chi connectivity index (χ0) is 49.7. The SMILES string of the molecule is CCCCCCCCC(C)Cc1ccc(OCCN2C(=O)C(C)=C3C2=C(c2cc4sc5c6sc(C)cc6sc5c4s2)C(=O)N3CCOc2ccc(CC(CCCCCC)CCCCCCCC)cc2)cc1. The lowest BCUT2D eigenvalue weighted by molar-refractivity contribution is -0.124. The molecule has 71 heavy (non-hydrogen) atoms. The van der Waals surface area contributed by atoms with Crippen molar-refractivity contribution < 1.29 is 19.1 Å². The van der Waals surface area contributed by atoms with Crippen LogP contribution in [-0.2, 0) is 22.4 Å². The third kappa shape index (κ3) is 13.4. The monoisotopic (exact) mass is 1030 g/mol. The van der Waals surface area contributed by atoms with Crippen LogP contribution < -0.4 is 9.47 Å². The highest BCUT2D eigenvalue weighted by Gasteiger charge is 2.47. The maximum atomic E-state index is 14.9. The molecule has 6 nitrogen and oxygen atoms in total. The lowest BCUT2D eigenvalue weighted by Crippen LogP contribution is -2.31. The lowest BCUT2D eigenvalue weighted by atomic mass is 9.89. The van der Waals surface area contributed by atoms with Crippen molar-refractivity contribution in [1.82, 2.24) is 9.80 Å². The fraction of sp³-hybridized carbons (Fsp3) is 0.541. The Morgan fingerprint density at radius 2 is 0.986 bits per heavy atom. The average molecular weight is 1030 g/mol. The largest absolute Gasteiger partial charge is 0.492 e. The van der Waals surface area contributed by atoms with Crippen LogP contribution in [0.5, 0.6) is 11.5 Å². The number of ether oxygens (including phenoxy) is 2. The number of unbranched alkanes of at least 4 members (excludes halogenated alkanes) is 13. The molecule has 0 N–H and O–H groups in total. The van der Waals surface area contributed by atoms with Gasteiger partial charge in [-0.3, -0.25) is 9.59 Å². The summed E-state index contributed by atoms with van der Waals surface area (Å²) < 4.78 is 20.5. The summed E-state index contributed by atoms with van der Waals surface area (Å²) in [5, 5.41) is 0. The Labute approximate surface area is 441 Å². The molecule has 0 bridgehead atoms. The Morgan fingerprint density at radius 3 is 1.56 bits per heavy atom. The van der Waals surface area contributed by atoms with Crippen LogP contribution in [-0.4, -0.2) is 47.9 Å². The van der Waals surface area contributed by atoms with Crippen LogP contribution in [0.3, 0.4) is 0 Å². The third-order valence-corrected chi connectivity index (χ3v) is 20.0. The Morgan fingerprint density at radius 1 is 0.507 bits per heavy atom. The first-order chi connectivity index (χ1) is 34.7. The molecule has 382 valence electrons. The van der Waals surface area contributed by atoms with Crippen LogP contribution in [0.1, 0.15) is 177 Å². The smallest absolute Gasteiger partial charge is 0.262 e. The highest BCUT2D eigenvalue weighted by molar-refractivity contribution is 7.44. The van der Waals surface area contributed by atoms with Crippen molar-refractivity contribution in [2.24, 2.45) is 11.8 Å². The molecule has 2 aromatic carbocycles. The molecule has 2 amide bonds. The Bertz CT molecular complexity index is 2730. The van der Waals surface area contributed by atoms with Gasteiger partial charge in [0.05, 0.1) is 48.9 Å². The molecule has 2 aliphatic heterocycles. The minimum atomic E-state index is -0.0745. The molecule has 0 aliphatic carbocycles. The van der Waals surface area contributed by atoms with Crippen LogP contribution in [0, 0.1) is 18.8 Å². The summed E-state index contributed by atoms with van der Waals surface area (Å²) >= 11 is 7.22. The molecule has 2 unspecified atom stereocenters. The van der Waals surface area contributed by atoms with Crippen molar-refractivity contribution in [3.63, 3.8) is 0 Å². The van der Waals surface area contributed by atoms with Crippen molar-refractivity contribution >= 4 is 90.9 Å².